The topological polar surface area (TPSA) is 59.8 Å². The van der Waals surface area contributed by atoms with Crippen LogP contribution in [0.3, 0.4) is 0 Å². The number of rotatable bonds is 3. The summed E-state index contributed by atoms with van der Waals surface area (Å²) in [5.41, 5.74) is 1.53. The number of hydrogen-bond donors (Lipinski definition) is 0. The van der Waals surface area contributed by atoms with Crippen molar-refractivity contribution in [3.05, 3.63) is 63.7 Å². The molecule has 0 saturated carbocycles. The van der Waals surface area contributed by atoms with Crippen molar-refractivity contribution in [2.75, 3.05) is 13.1 Å². The van der Waals surface area contributed by atoms with Gasteiger partial charge in [-0.1, -0.05) is 32.9 Å². The van der Waals surface area contributed by atoms with Crippen molar-refractivity contribution in [3.8, 4) is 5.75 Å². The molecule has 1 amide bonds. The second kappa shape index (κ2) is 6.98. The first kappa shape index (κ1) is 18.2. The number of carbonyl (C=O) groups excluding carboxylic acids is 1. The number of nitrogens with zero attached hydrogens (tertiary/aromatic N) is 1. The predicted molar refractivity (Wildman–Crippen MR) is 99.8 cm³/mol. The van der Waals surface area contributed by atoms with E-state index in [0.717, 1.165) is 6.42 Å². The Morgan fingerprint density at radius 2 is 1.88 bits per heavy atom. The average Bonchev–Trinajstić information content (AvgIpc) is 3.01. The molecule has 1 saturated heterocycles. The van der Waals surface area contributed by atoms with Gasteiger partial charge in [0.15, 0.2) is 0 Å². The highest BCUT2D eigenvalue weighted by Crippen LogP contribution is 2.24. The first-order chi connectivity index (χ1) is 12.2. The lowest BCUT2D eigenvalue weighted by Gasteiger charge is -2.20. The van der Waals surface area contributed by atoms with E-state index in [-0.39, 0.29) is 17.4 Å². The van der Waals surface area contributed by atoms with Gasteiger partial charge in [-0.15, -0.1) is 0 Å². The fraction of sp³-hybridized carbons (Fsp3) is 0.429. The number of ether oxygens (including phenoxy) is 1. The predicted octanol–water partition coefficient (Wildman–Crippen LogP) is 3.54. The molecule has 0 bridgehead atoms. The standard InChI is InChI=1S/C21H25NO4/c1-14-11-18(12-19(23)25-14)26-17-9-10-22(13-17)20(24)15-5-7-16(8-6-15)21(2,3)4/h5-8,11-12,17H,9-10,13H2,1-4H3. The van der Waals surface area contributed by atoms with Gasteiger partial charge >= 0.3 is 5.63 Å². The summed E-state index contributed by atoms with van der Waals surface area (Å²) in [6.07, 6.45) is 0.624. The molecule has 1 aromatic heterocycles. The van der Waals surface area contributed by atoms with Crippen LogP contribution in [0.15, 0.2) is 45.6 Å². The van der Waals surface area contributed by atoms with E-state index in [1.807, 2.05) is 24.3 Å². The lowest BCUT2D eigenvalue weighted by Crippen LogP contribution is -2.31. The molecule has 3 rings (SSSR count). The van der Waals surface area contributed by atoms with Crippen molar-refractivity contribution >= 4 is 5.91 Å². The molecule has 1 atom stereocenters. The van der Waals surface area contributed by atoms with E-state index in [4.69, 9.17) is 9.15 Å². The summed E-state index contributed by atoms with van der Waals surface area (Å²) in [4.78, 5) is 25.9. The van der Waals surface area contributed by atoms with Gasteiger partial charge in [-0.05, 0) is 30.0 Å². The van der Waals surface area contributed by atoms with E-state index < -0.39 is 5.63 Å². The Labute approximate surface area is 153 Å². The quantitative estimate of drug-likeness (QED) is 0.845. The normalized spacial score (nSPS) is 17.4. The molecule has 5 nitrogen and oxygen atoms in total. The van der Waals surface area contributed by atoms with Gasteiger partial charge in [0.1, 0.15) is 17.6 Å². The van der Waals surface area contributed by atoms with Gasteiger partial charge in [-0.25, -0.2) is 4.79 Å². The molecule has 1 aliphatic heterocycles. The Kier molecular flexibility index (Phi) is 4.90. The Balaban J connectivity index is 1.64. The van der Waals surface area contributed by atoms with Gasteiger partial charge in [0.05, 0.1) is 12.6 Å². The van der Waals surface area contributed by atoms with E-state index in [1.54, 1.807) is 17.9 Å². The number of aryl methyl sites for hydroxylation is 1. The number of carbonyl (C=O) groups is 1. The molecule has 5 heteroatoms. The van der Waals surface area contributed by atoms with Crippen molar-refractivity contribution in [2.24, 2.45) is 0 Å². The summed E-state index contributed by atoms with van der Waals surface area (Å²) in [6.45, 7) is 9.32. The van der Waals surface area contributed by atoms with Crippen molar-refractivity contribution in [2.45, 2.75) is 45.6 Å². The number of amides is 1. The van der Waals surface area contributed by atoms with Gasteiger partial charge in [-0.3, -0.25) is 4.79 Å². The van der Waals surface area contributed by atoms with E-state index in [2.05, 4.69) is 20.8 Å². The first-order valence-electron chi connectivity index (χ1n) is 8.90. The zero-order valence-corrected chi connectivity index (χ0v) is 15.7. The van der Waals surface area contributed by atoms with Crippen LogP contribution in [-0.2, 0) is 5.41 Å². The molecule has 138 valence electrons. The number of hydrogen-bond acceptors (Lipinski definition) is 4. The molecule has 26 heavy (non-hydrogen) atoms. The molecule has 1 aliphatic rings. The van der Waals surface area contributed by atoms with Crippen LogP contribution in [0, 0.1) is 6.92 Å². The van der Waals surface area contributed by atoms with E-state index in [1.165, 1.54) is 11.6 Å². The van der Waals surface area contributed by atoms with Crippen LogP contribution < -0.4 is 10.4 Å². The zero-order chi connectivity index (χ0) is 18.9. The summed E-state index contributed by atoms with van der Waals surface area (Å²) in [6, 6.07) is 10.8. The van der Waals surface area contributed by atoms with Crippen LogP contribution in [-0.4, -0.2) is 30.0 Å². The summed E-state index contributed by atoms with van der Waals surface area (Å²) >= 11 is 0. The minimum Gasteiger partial charge on any atom is -0.488 e. The molecule has 1 fully saturated rings. The van der Waals surface area contributed by atoms with Crippen LogP contribution in [0.5, 0.6) is 5.75 Å². The van der Waals surface area contributed by atoms with E-state index >= 15 is 0 Å². The minimum atomic E-state index is -0.426. The highest BCUT2D eigenvalue weighted by molar-refractivity contribution is 5.94. The maximum Gasteiger partial charge on any atom is 0.339 e. The molecule has 0 radical (unpaired) electrons. The van der Waals surface area contributed by atoms with Crippen molar-refractivity contribution in [3.63, 3.8) is 0 Å². The number of likely N-dealkylation sites (tertiary alicyclic amines) is 1. The van der Waals surface area contributed by atoms with Crippen molar-refractivity contribution < 1.29 is 13.9 Å². The summed E-state index contributed by atoms with van der Waals surface area (Å²) in [5, 5.41) is 0. The molecule has 1 unspecified atom stereocenters. The van der Waals surface area contributed by atoms with Gasteiger partial charge in [0.25, 0.3) is 5.91 Å². The smallest absolute Gasteiger partial charge is 0.339 e. The molecule has 2 heterocycles. The van der Waals surface area contributed by atoms with Crippen LogP contribution in [0.1, 0.15) is 48.9 Å². The molecule has 2 aromatic rings. The fourth-order valence-electron chi connectivity index (χ4n) is 3.14. The molecule has 0 spiro atoms. The van der Waals surface area contributed by atoms with Crippen molar-refractivity contribution in [1.29, 1.82) is 0 Å². The maximum absolute atomic E-state index is 12.7. The molecule has 0 aliphatic carbocycles. The van der Waals surface area contributed by atoms with Crippen LogP contribution >= 0.6 is 0 Å². The van der Waals surface area contributed by atoms with Crippen molar-refractivity contribution in [1.82, 2.24) is 4.90 Å². The zero-order valence-electron chi connectivity index (χ0n) is 15.7. The third-order valence-corrected chi connectivity index (χ3v) is 4.60. The molecule has 1 aromatic carbocycles. The highest BCUT2D eigenvalue weighted by atomic mass is 16.5. The average molecular weight is 355 g/mol. The second-order valence-electron chi connectivity index (χ2n) is 7.83. The summed E-state index contributed by atoms with van der Waals surface area (Å²) in [7, 11) is 0. The summed E-state index contributed by atoms with van der Waals surface area (Å²) in [5.74, 6) is 1.02. The fourth-order valence-corrected chi connectivity index (χ4v) is 3.14. The molecule has 0 N–H and O–H groups in total. The minimum absolute atomic E-state index is 0.0142. The maximum atomic E-state index is 12.7. The van der Waals surface area contributed by atoms with Crippen LogP contribution in [0.25, 0.3) is 0 Å². The van der Waals surface area contributed by atoms with E-state index in [9.17, 15) is 9.59 Å². The largest absolute Gasteiger partial charge is 0.488 e. The van der Waals surface area contributed by atoms with Gasteiger partial charge < -0.3 is 14.1 Å². The lowest BCUT2D eigenvalue weighted by atomic mass is 9.86. The monoisotopic (exact) mass is 355 g/mol. The SMILES string of the molecule is Cc1cc(OC2CCN(C(=O)c3ccc(C(C)(C)C)cc3)C2)cc(=O)o1. The van der Waals surface area contributed by atoms with E-state index in [0.29, 0.717) is 30.2 Å². The molecular formula is C21H25NO4. The van der Waals surface area contributed by atoms with Crippen LogP contribution in [0.2, 0.25) is 0 Å². The molecular weight excluding hydrogens is 330 g/mol. The highest BCUT2D eigenvalue weighted by Gasteiger charge is 2.28. The second-order valence-corrected chi connectivity index (χ2v) is 7.83. The number of benzene rings is 1. The summed E-state index contributed by atoms with van der Waals surface area (Å²) < 4.78 is 10.8. The first-order valence-corrected chi connectivity index (χ1v) is 8.90. The lowest BCUT2D eigenvalue weighted by molar-refractivity contribution is 0.0772. The Morgan fingerprint density at radius 1 is 1.19 bits per heavy atom. The third-order valence-electron chi connectivity index (χ3n) is 4.60. The Hall–Kier alpha value is -2.56. The van der Waals surface area contributed by atoms with Crippen LogP contribution in [0.4, 0.5) is 0 Å². The Morgan fingerprint density at radius 3 is 2.50 bits per heavy atom. The Bertz CT molecular complexity index is 846. The van der Waals surface area contributed by atoms with Gasteiger partial charge in [0.2, 0.25) is 0 Å². The van der Waals surface area contributed by atoms with Gasteiger partial charge in [0, 0.05) is 24.6 Å². The third kappa shape index (κ3) is 4.15. The van der Waals surface area contributed by atoms with Gasteiger partial charge in [-0.2, -0.15) is 0 Å².